The van der Waals surface area contributed by atoms with Crippen molar-refractivity contribution in [3.8, 4) is 0 Å². The van der Waals surface area contributed by atoms with Crippen LogP contribution in [-0.2, 0) is 9.32 Å². The second-order valence-corrected chi connectivity index (χ2v) is 8.35. The molecule has 1 saturated heterocycles. The molecule has 14 heavy (non-hydrogen) atoms. The molecular weight excluding hydrogens is 194 g/mol. The zero-order chi connectivity index (χ0) is 10.9. The van der Waals surface area contributed by atoms with Crippen molar-refractivity contribution in [1.82, 2.24) is 5.06 Å². The molecule has 0 radical (unpaired) electrons. The van der Waals surface area contributed by atoms with Gasteiger partial charge < -0.3 is 4.53 Å². The number of amides is 1. The summed E-state index contributed by atoms with van der Waals surface area (Å²) in [4.78, 5) is 11.5. The summed E-state index contributed by atoms with van der Waals surface area (Å²) in [5, 5.41) is 1.79. The lowest BCUT2D eigenvalue weighted by Gasteiger charge is -2.40. The Kier molecular flexibility index (Phi) is 3.37. The van der Waals surface area contributed by atoms with Crippen LogP contribution in [0.5, 0.6) is 0 Å². The number of hydrogen-bond donors (Lipinski definition) is 0. The third-order valence-corrected chi connectivity index (χ3v) is 5.99. The summed E-state index contributed by atoms with van der Waals surface area (Å²) in [5.41, 5.74) is 0. The maximum absolute atomic E-state index is 11.5. The van der Waals surface area contributed by atoms with Crippen LogP contribution in [-0.4, -0.2) is 26.6 Å². The van der Waals surface area contributed by atoms with E-state index in [4.69, 9.17) is 4.53 Å². The largest absolute Gasteiger partial charge is 0.321 e. The number of β-lactam (4-membered cyclic amide) rings is 1. The predicted octanol–water partition coefficient (Wildman–Crippen LogP) is 1.94. The summed E-state index contributed by atoms with van der Waals surface area (Å²) in [6, 6.07) is 0. The monoisotopic (exact) mass is 215 g/mol. The number of carbonyl (C=O) groups excluding carboxylic acids is 1. The van der Waals surface area contributed by atoms with Gasteiger partial charge in [-0.05, 0) is 18.0 Å². The molecule has 0 spiro atoms. The summed E-state index contributed by atoms with van der Waals surface area (Å²) in [5.74, 6) is 0.396. The molecule has 0 saturated carbocycles. The van der Waals surface area contributed by atoms with Gasteiger partial charge in [0.1, 0.15) is 0 Å². The third-order valence-electron chi connectivity index (χ3n) is 2.98. The smallest absolute Gasteiger partial charge is 0.250 e. The van der Waals surface area contributed by atoms with Gasteiger partial charge in [0.25, 0.3) is 0 Å². The first-order chi connectivity index (χ1) is 6.36. The van der Waals surface area contributed by atoms with Crippen LogP contribution in [0, 0.1) is 5.92 Å². The van der Waals surface area contributed by atoms with E-state index in [1.54, 1.807) is 5.06 Å². The highest BCUT2D eigenvalue weighted by molar-refractivity contribution is 6.53. The quantitative estimate of drug-likeness (QED) is 0.532. The normalized spacial score (nSPS) is 24.8. The van der Waals surface area contributed by atoms with Gasteiger partial charge in [-0.15, -0.1) is 0 Å². The highest BCUT2D eigenvalue weighted by atomic mass is 28.3. The van der Waals surface area contributed by atoms with E-state index < -0.39 is 9.04 Å². The first-order valence-electron chi connectivity index (χ1n) is 5.34. The standard InChI is InChI=1S/C10H21NO2Si/c1-6-8-7-11(9(8)12)13-14(5)10(2,3)4/h8,14H,6-7H2,1-5H3. The zero-order valence-corrected chi connectivity index (χ0v) is 11.0. The lowest BCUT2D eigenvalue weighted by molar-refractivity contribution is -0.189. The second kappa shape index (κ2) is 4.02. The minimum absolute atomic E-state index is 0.177. The van der Waals surface area contributed by atoms with Gasteiger partial charge in [-0.1, -0.05) is 27.7 Å². The number of hydrogen-bond acceptors (Lipinski definition) is 2. The molecule has 0 bridgehead atoms. The Labute approximate surface area is 88.1 Å². The second-order valence-electron chi connectivity index (χ2n) is 5.12. The van der Waals surface area contributed by atoms with Crippen LogP contribution < -0.4 is 0 Å². The molecule has 1 aliphatic rings. The first kappa shape index (κ1) is 11.7. The molecule has 2 atom stereocenters. The molecule has 0 aliphatic carbocycles. The Morgan fingerprint density at radius 3 is 2.50 bits per heavy atom. The topological polar surface area (TPSA) is 29.5 Å². The summed E-state index contributed by atoms with van der Waals surface area (Å²) in [6.07, 6.45) is 0.935. The van der Waals surface area contributed by atoms with Gasteiger partial charge in [-0.3, -0.25) is 4.79 Å². The lowest BCUT2D eigenvalue weighted by atomic mass is 9.99. The van der Waals surface area contributed by atoms with Crippen molar-refractivity contribution in [2.45, 2.75) is 45.7 Å². The molecule has 0 aromatic rings. The van der Waals surface area contributed by atoms with Crippen molar-refractivity contribution >= 4 is 14.9 Å². The van der Waals surface area contributed by atoms with Gasteiger partial charge in [-0.25, -0.2) is 5.06 Å². The first-order valence-corrected chi connectivity index (χ1v) is 7.54. The van der Waals surface area contributed by atoms with E-state index in [2.05, 4.69) is 27.3 Å². The van der Waals surface area contributed by atoms with Crippen molar-refractivity contribution in [3.05, 3.63) is 0 Å². The summed E-state index contributed by atoms with van der Waals surface area (Å²) in [6.45, 7) is 11.5. The van der Waals surface area contributed by atoms with E-state index in [0.29, 0.717) is 0 Å². The van der Waals surface area contributed by atoms with Crippen molar-refractivity contribution in [2.24, 2.45) is 5.92 Å². The van der Waals surface area contributed by atoms with Crippen LogP contribution in [0.4, 0.5) is 0 Å². The van der Waals surface area contributed by atoms with Crippen molar-refractivity contribution in [2.75, 3.05) is 6.54 Å². The Hall–Kier alpha value is -0.353. The number of carbonyl (C=O) groups is 1. The Bertz CT molecular complexity index is 225. The molecule has 1 heterocycles. The van der Waals surface area contributed by atoms with E-state index in [-0.39, 0.29) is 16.9 Å². The van der Waals surface area contributed by atoms with E-state index in [1.807, 2.05) is 6.92 Å². The molecule has 1 rings (SSSR count). The van der Waals surface area contributed by atoms with Gasteiger partial charge in [0.15, 0.2) is 0 Å². The number of hydroxylamine groups is 2. The molecule has 1 aliphatic heterocycles. The fourth-order valence-corrected chi connectivity index (χ4v) is 2.10. The third kappa shape index (κ3) is 2.36. The molecule has 3 nitrogen and oxygen atoms in total. The fourth-order valence-electron chi connectivity index (χ4n) is 1.21. The predicted molar refractivity (Wildman–Crippen MR) is 59.3 cm³/mol. The molecule has 2 unspecified atom stereocenters. The highest BCUT2D eigenvalue weighted by Gasteiger charge is 2.38. The van der Waals surface area contributed by atoms with Crippen molar-refractivity contribution in [3.63, 3.8) is 0 Å². The van der Waals surface area contributed by atoms with E-state index in [0.717, 1.165) is 13.0 Å². The Morgan fingerprint density at radius 2 is 2.14 bits per heavy atom. The molecule has 0 N–H and O–H groups in total. The van der Waals surface area contributed by atoms with Crippen molar-refractivity contribution in [1.29, 1.82) is 0 Å². The highest BCUT2D eigenvalue weighted by Crippen LogP contribution is 2.30. The minimum Gasteiger partial charge on any atom is -0.321 e. The van der Waals surface area contributed by atoms with Gasteiger partial charge >= 0.3 is 0 Å². The molecule has 1 fully saturated rings. The van der Waals surface area contributed by atoms with Gasteiger partial charge in [0, 0.05) is 0 Å². The van der Waals surface area contributed by atoms with E-state index >= 15 is 0 Å². The maximum Gasteiger partial charge on any atom is 0.250 e. The average Bonchev–Trinajstić information content (AvgIpc) is 2.08. The SMILES string of the molecule is CCC1CN(O[SiH](C)C(C)(C)C)C1=O. The molecule has 82 valence electrons. The Morgan fingerprint density at radius 1 is 1.57 bits per heavy atom. The molecule has 0 aromatic carbocycles. The molecular formula is C10H21NO2Si. The van der Waals surface area contributed by atoms with Crippen LogP contribution in [0.3, 0.4) is 0 Å². The zero-order valence-electron chi connectivity index (χ0n) is 9.83. The van der Waals surface area contributed by atoms with Crippen LogP contribution in [0.2, 0.25) is 11.6 Å². The Balaban J connectivity index is 2.38. The molecule has 4 heteroatoms. The van der Waals surface area contributed by atoms with Crippen molar-refractivity contribution < 1.29 is 9.32 Å². The number of rotatable bonds is 3. The fraction of sp³-hybridized carbons (Fsp3) is 0.900. The van der Waals surface area contributed by atoms with E-state index in [1.165, 1.54) is 0 Å². The van der Waals surface area contributed by atoms with Crippen LogP contribution in [0.15, 0.2) is 0 Å². The molecule has 0 aromatic heterocycles. The van der Waals surface area contributed by atoms with Crippen LogP contribution >= 0.6 is 0 Å². The molecule has 1 amide bonds. The van der Waals surface area contributed by atoms with E-state index in [9.17, 15) is 4.79 Å². The summed E-state index contributed by atoms with van der Waals surface area (Å²) >= 11 is 0. The lowest BCUT2D eigenvalue weighted by Crippen LogP contribution is -2.54. The summed E-state index contributed by atoms with van der Waals surface area (Å²) in [7, 11) is -1.29. The number of nitrogens with zero attached hydrogens (tertiary/aromatic N) is 1. The van der Waals surface area contributed by atoms with Gasteiger partial charge in [0.05, 0.1) is 12.5 Å². The van der Waals surface area contributed by atoms with Gasteiger partial charge in [0.2, 0.25) is 14.9 Å². The van der Waals surface area contributed by atoms with Crippen LogP contribution in [0.1, 0.15) is 34.1 Å². The minimum atomic E-state index is -1.29. The van der Waals surface area contributed by atoms with Gasteiger partial charge in [-0.2, -0.15) is 0 Å². The average molecular weight is 215 g/mol. The van der Waals surface area contributed by atoms with Crippen LogP contribution in [0.25, 0.3) is 0 Å². The maximum atomic E-state index is 11.5. The summed E-state index contributed by atoms with van der Waals surface area (Å²) < 4.78 is 5.72.